The van der Waals surface area contributed by atoms with Gasteiger partial charge in [-0.1, -0.05) is 29.3 Å². The molecule has 4 nitrogen and oxygen atoms in total. The van der Waals surface area contributed by atoms with Gasteiger partial charge >= 0.3 is 0 Å². The number of benzene rings is 3. The van der Waals surface area contributed by atoms with Crippen molar-refractivity contribution in [2.45, 2.75) is 24.8 Å². The number of fused-ring (bicyclic) bond motifs is 2. The predicted octanol–water partition coefficient (Wildman–Crippen LogP) is 6.47. The summed E-state index contributed by atoms with van der Waals surface area (Å²) in [7, 11) is 1.63. The molecule has 0 unspecified atom stereocenters. The van der Waals surface area contributed by atoms with Crippen molar-refractivity contribution >= 4 is 34.8 Å². The monoisotopic (exact) mass is 516 g/mol. The van der Waals surface area contributed by atoms with Crippen LogP contribution in [0.3, 0.4) is 0 Å². The van der Waals surface area contributed by atoms with Crippen LogP contribution in [-0.2, 0) is 12.0 Å². The number of rotatable bonds is 4. The van der Waals surface area contributed by atoms with Gasteiger partial charge in [0.15, 0.2) is 11.6 Å². The summed E-state index contributed by atoms with van der Waals surface area (Å²) in [6.07, 6.45) is 1.64. The Labute approximate surface area is 213 Å². The molecule has 2 aliphatic rings. The lowest BCUT2D eigenvalue weighted by Crippen LogP contribution is -2.45. The highest BCUT2D eigenvalue weighted by atomic mass is 35.5. The Balaban J connectivity index is 1.40. The lowest BCUT2D eigenvalue weighted by Gasteiger charge is -2.40. The minimum Gasteiger partial charge on any atom is -0.497 e. The summed E-state index contributed by atoms with van der Waals surface area (Å²) in [5.74, 6) is -1.05. The third kappa shape index (κ3) is 4.51. The van der Waals surface area contributed by atoms with E-state index < -0.39 is 11.6 Å². The number of methoxy groups -OCH3 is 1. The highest BCUT2D eigenvalue weighted by molar-refractivity contribution is 6.42. The average Bonchev–Trinajstić information content (AvgIpc) is 3.17. The normalized spacial score (nSPS) is 17.0. The van der Waals surface area contributed by atoms with Gasteiger partial charge in [0.1, 0.15) is 5.75 Å². The van der Waals surface area contributed by atoms with Crippen LogP contribution in [0, 0.1) is 11.6 Å². The molecule has 0 N–H and O–H groups in total. The van der Waals surface area contributed by atoms with E-state index in [9.17, 15) is 13.6 Å². The van der Waals surface area contributed by atoms with Gasteiger partial charge in [0.05, 0.1) is 17.2 Å². The Morgan fingerprint density at radius 1 is 0.971 bits per heavy atom. The van der Waals surface area contributed by atoms with E-state index in [1.807, 2.05) is 23.1 Å². The number of halogens is 4. The number of carbonyl (C=O) groups excluding carboxylic acids is 1. The van der Waals surface area contributed by atoms with Crippen molar-refractivity contribution in [3.63, 3.8) is 0 Å². The van der Waals surface area contributed by atoms with E-state index in [0.717, 1.165) is 48.5 Å². The van der Waals surface area contributed by atoms with Crippen LogP contribution in [0.2, 0.25) is 10.0 Å². The van der Waals surface area contributed by atoms with Gasteiger partial charge in [-0.3, -0.25) is 9.69 Å². The van der Waals surface area contributed by atoms with E-state index in [4.69, 9.17) is 27.9 Å². The average molecular weight is 517 g/mol. The van der Waals surface area contributed by atoms with E-state index in [2.05, 4.69) is 4.90 Å². The number of hydrogen-bond acceptors (Lipinski definition) is 3. The molecule has 0 radical (unpaired) electrons. The smallest absolute Gasteiger partial charge is 0.258 e. The van der Waals surface area contributed by atoms with Crippen LogP contribution in [0.15, 0.2) is 54.6 Å². The fourth-order valence-corrected chi connectivity index (χ4v) is 5.50. The summed E-state index contributed by atoms with van der Waals surface area (Å²) < 4.78 is 32.5. The van der Waals surface area contributed by atoms with E-state index in [-0.39, 0.29) is 11.3 Å². The molecule has 0 aromatic heterocycles. The molecule has 1 spiro atoms. The van der Waals surface area contributed by atoms with Crippen molar-refractivity contribution in [1.82, 2.24) is 4.90 Å². The third-order valence-corrected chi connectivity index (χ3v) is 7.88. The van der Waals surface area contributed by atoms with Crippen LogP contribution in [0.4, 0.5) is 14.5 Å². The molecule has 0 bridgehead atoms. The largest absolute Gasteiger partial charge is 0.497 e. The number of hydrogen-bond donors (Lipinski definition) is 0. The van der Waals surface area contributed by atoms with Gasteiger partial charge in [0.25, 0.3) is 5.91 Å². The molecule has 182 valence electrons. The Hall–Kier alpha value is -2.67. The van der Waals surface area contributed by atoms with Gasteiger partial charge in [0, 0.05) is 29.8 Å². The fourth-order valence-electron chi connectivity index (χ4n) is 5.20. The van der Waals surface area contributed by atoms with Crippen molar-refractivity contribution in [1.29, 1.82) is 0 Å². The Morgan fingerprint density at radius 3 is 2.43 bits per heavy atom. The summed E-state index contributed by atoms with van der Waals surface area (Å²) in [6.45, 7) is 2.63. The lowest BCUT2D eigenvalue weighted by atomic mass is 9.74. The Morgan fingerprint density at radius 2 is 1.74 bits per heavy atom. The number of nitrogens with zero attached hydrogens (tertiary/aromatic N) is 2. The summed E-state index contributed by atoms with van der Waals surface area (Å²) in [6, 6.07) is 14.8. The maximum absolute atomic E-state index is 13.7. The van der Waals surface area contributed by atoms with E-state index in [1.165, 1.54) is 12.1 Å². The molecular formula is C27H24Cl2F2N2O2. The van der Waals surface area contributed by atoms with Gasteiger partial charge in [-0.05, 0) is 85.6 Å². The number of piperidine rings is 1. The van der Waals surface area contributed by atoms with Crippen molar-refractivity contribution in [3.8, 4) is 5.75 Å². The fraction of sp³-hybridized carbons (Fsp3) is 0.296. The minimum absolute atomic E-state index is 0.129. The zero-order valence-electron chi connectivity index (χ0n) is 19.2. The van der Waals surface area contributed by atoms with Gasteiger partial charge in [-0.2, -0.15) is 0 Å². The third-order valence-electron chi connectivity index (χ3n) is 7.14. The number of carbonyl (C=O) groups is 1. The van der Waals surface area contributed by atoms with Crippen LogP contribution in [0.1, 0.15) is 34.3 Å². The minimum atomic E-state index is -0.838. The summed E-state index contributed by atoms with van der Waals surface area (Å²) in [4.78, 5) is 17.6. The first-order valence-electron chi connectivity index (χ1n) is 11.4. The number of amides is 1. The van der Waals surface area contributed by atoms with Crippen LogP contribution in [0.5, 0.6) is 5.75 Å². The lowest BCUT2D eigenvalue weighted by molar-refractivity contribution is 0.0975. The van der Waals surface area contributed by atoms with Crippen LogP contribution in [0.25, 0.3) is 0 Å². The molecule has 1 fully saturated rings. The van der Waals surface area contributed by atoms with Crippen LogP contribution >= 0.6 is 23.2 Å². The van der Waals surface area contributed by atoms with Crippen LogP contribution in [-0.4, -0.2) is 37.6 Å². The van der Waals surface area contributed by atoms with Crippen molar-refractivity contribution in [2.75, 3.05) is 31.6 Å². The molecular weight excluding hydrogens is 493 g/mol. The first-order chi connectivity index (χ1) is 16.8. The highest BCUT2D eigenvalue weighted by Gasteiger charge is 2.46. The quantitative estimate of drug-likeness (QED) is 0.398. The summed E-state index contributed by atoms with van der Waals surface area (Å²) in [5, 5.41) is 0.742. The number of ether oxygens (including phenoxy) is 1. The maximum Gasteiger partial charge on any atom is 0.258 e. The van der Waals surface area contributed by atoms with E-state index >= 15 is 0 Å². The van der Waals surface area contributed by atoms with Crippen LogP contribution < -0.4 is 9.64 Å². The molecule has 3 aromatic rings. The van der Waals surface area contributed by atoms with Gasteiger partial charge in [0.2, 0.25) is 0 Å². The first-order valence-corrected chi connectivity index (χ1v) is 12.2. The van der Waals surface area contributed by atoms with Crippen molar-refractivity contribution in [2.24, 2.45) is 0 Å². The molecule has 0 aliphatic carbocycles. The van der Waals surface area contributed by atoms with Crippen molar-refractivity contribution in [3.05, 3.63) is 93.0 Å². The molecule has 0 atom stereocenters. The SMILES string of the molecule is COc1ccc2c(c1)C1(CCN(Cc3ccc(F)c(F)c3)CC1)CN2C(=O)c1ccc(Cl)c(Cl)c1. The van der Waals surface area contributed by atoms with Gasteiger partial charge in [-0.15, -0.1) is 0 Å². The summed E-state index contributed by atoms with van der Waals surface area (Å²) in [5.41, 5.74) is 2.97. The van der Waals surface area contributed by atoms with E-state index in [1.54, 1.807) is 31.4 Å². The molecule has 5 rings (SSSR count). The second-order valence-electron chi connectivity index (χ2n) is 9.21. The highest BCUT2D eigenvalue weighted by Crippen LogP contribution is 2.49. The standard InChI is InChI=1S/C27H24Cl2F2N2O2/c1-35-19-4-7-25-20(14-19)27(16-33(25)26(34)18-3-5-21(28)22(29)13-18)8-10-32(11-9-27)15-17-2-6-23(30)24(31)12-17/h2-7,12-14H,8-11,15-16H2,1H3. The zero-order valence-corrected chi connectivity index (χ0v) is 20.7. The predicted molar refractivity (Wildman–Crippen MR) is 134 cm³/mol. The molecule has 2 heterocycles. The molecule has 3 aromatic carbocycles. The topological polar surface area (TPSA) is 32.8 Å². The second-order valence-corrected chi connectivity index (χ2v) is 10.0. The molecule has 1 amide bonds. The molecule has 2 aliphatic heterocycles. The maximum atomic E-state index is 13.7. The number of anilines is 1. The van der Waals surface area contributed by atoms with Gasteiger partial charge in [-0.25, -0.2) is 8.78 Å². The molecule has 35 heavy (non-hydrogen) atoms. The van der Waals surface area contributed by atoms with Crippen molar-refractivity contribution < 1.29 is 18.3 Å². The molecule has 0 saturated carbocycles. The first kappa shape index (κ1) is 24.0. The Bertz CT molecular complexity index is 1290. The Kier molecular flexibility index (Phi) is 6.47. The van der Waals surface area contributed by atoms with Gasteiger partial charge < -0.3 is 9.64 Å². The summed E-state index contributed by atoms with van der Waals surface area (Å²) >= 11 is 12.2. The number of likely N-dealkylation sites (tertiary alicyclic amines) is 1. The molecule has 8 heteroatoms. The molecule has 1 saturated heterocycles. The zero-order chi connectivity index (χ0) is 24.7. The van der Waals surface area contributed by atoms with E-state index in [0.29, 0.717) is 28.7 Å². The second kappa shape index (κ2) is 9.41.